The van der Waals surface area contributed by atoms with Crippen molar-refractivity contribution in [2.75, 3.05) is 41.5 Å². The second kappa shape index (κ2) is 19.8. The van der Waals surface area contributed by atoms with Crippen LogP contribution in [0.1, 0.15) is 80.1 Å². The quantitative estimate of drug-likeness (QED) is 0.0660. The number of aliphatic hydroxyl groups is 2. The predicted octanol–water partition coefficient (Wildman–Crippen LogP) is 5.33. The summed E-state index contributed by atoms with van der Waals surface area (Å²) < 4.78 is 0. The summed E-state index contributed by atoms with van der Waals surface area (Å²) in [5.74, 6) is 0.624. The fraction of sp³-hybridized carbons (Fsp3) is 0.480. The van der Waals surface area contributed by atoms with Gasteiger partial charge in [0, 0.05) is 58.8 Å². The number of aliphatic hydroxyl groups excluding tert-OH is 1. The molecule has 18 heteroatoms. The van der Waals surface area contributed by atoms with Crippen molar-refractivity contribution in [2.45, 2.75) is 88.7 Å². The molecule has 0 bridgehead atoms. The van der Waals surface area contributed by atoms with Gasteiger partial charge in [-0.15, -0.1) is 0 Å². The lowest BCUT2D eigenvalue weighted by Crippen LogP contribution is -2.64. The molecular weight excluding hydrogens is 903 g/mol. The topological polar surface area (TPSA) is 260 Å². The van der Waals surface area contributed by atoms with Crippen LogP contribution < -0.4 is 27.0 Å². The number of nitrogens with one attached hydrogen (secondary N) is 2. The highest BCUT2D eigenvalue weighted by molar-refractivity contribution is 7.98. The second-order valence-electron chi connectivity index (χ2n) is 19.4. The van der Waals surface area contributed by atoms with E-state index in [1.165, 1.54) is 0 Å². The Balaban J connectivity index is 0.761. The molecule has 2 heterocycles. The van der Waals surface area contributed by atoms with E-state index in [0.717, 1.165) is 41.0 Å². The van der Waals surface area contributed by atoms with Gasteiger partial charge in [-0.3, -0.25) is 14.4 Å². The number of nitrogens with zero attached hydrogens (tertiary/aromatic N) is 5. The molecule has 0 radical (unpaired) electrons. The molecule has 4 aliphatic carbocycles. The number of anilines is 3. The van der Waals surface area contributed by atoms with Gasteiger partial charge in [0.15, 0.2) is 28.4 Å². The average molecular weight is 964 g/mol. The van der Waals surface area contributed by atoms with Crippen LogP contribution in [0.4, 0.5) is 17.5 Å². The van der Waals surface area contributed by atoms with Crippen LogP contribution in [0.25, 0.3) is 11.2 Å². The number of aliphatic carboxylic acids is 1. The number of ketones is 1. The molecule has 4 aliphatic rings. The number of hydrogen-bond acceptors (Lipinski definition) is 15. The lowest BCUT2D eigenvalue weighted by atomic mass is 9.46. The molecule has 0 saturated heterocycles. The molecule has 16 nitrogen and oxygen atoms in total. The van der Waals surface area contributed by atoms with Crippen LogP contribution >= 0.6 is 23.5 Å². The Morgan fingerprint density at radius 3 is 2.46 bits per heavy atom. The first-order valence-corrected chi connectivity index (χ1v) is 25.5. The molecule has 2 aromatic carbocycles. The number of carbonyl (C=O) groups excluding carboxylic acids is 3. The Morgan fingerprint density at radius 2 is 1.74 bits per heavy atom. The minimum Gasteiger partial charge on any atom is -0.480 e. The molecule has 9 N–H and O–H groups in total. The van der Waals surface area contributed by atoms with Crippen LogP contribution in [0.2, 0.25) is 0 Å². The Kier molecular flexibility index (Phi) is 14.2. The van der Waals surface area contributed by atoms with E-state index in [9.17, 15) is 34.5 Å². The number of aromatic nitrogens is 4. The number of hydrogen-bond donors (Lipinski definition) is 7. The summed E-state index contributed by atoms with van der Waals surface area (Å²) in [4.78, 5) is 70.2. The minimum atomic E-state index is -1.61. The molecule has 9 atom stereocenters. The summed E-state index contributed by atoms with van der Waals surface area (Å²) in [6, 6.07) is 14.0. The van der Waals surface area contributed by atoms with E-state index in [2.05, 4.69) is 49.6 Å². The summed E-state index contributed by atoms with van der Waals surface area (Å²) >= 11 is 3.28. The first-order chi connectivity index (χ1) is 32.4. The van der Waals surface area contributed by atoms with Gasteiger partial charge in [0.25, 0.3) is 11.8 Å². The molecule has 0 spiro atoms. The number of amides is 2. The lowest BCUT2D eigenvalue weighted by Gasteiger charge is -2.59. The molecule has 3 fully saturated rings. The van der Waals surface area contributed by atoms with Gasteiger partial charge in [0.05, 0.1) is 24.5 Å². The molecule has 2 amide bonds. The van der Waals surface area contributed by atoms with Gasteiger partial charge in [0.1, 0.15) is 6.04 Å². The third-order valence-electron chi connectivity index (χ3n) is 15.1. The van der Waals surface area contributed by atoms with E-state index < -0.39 is 40.5 Å². The summed E-state index contributed by atoms with van der Waals surface area (Å²) in [7, 11) is 1.86. The zero-order valence-corrected chi connectivity index (χ0v) is 40.5. The van der Waals surface area contributed by atoms with Gasteiger partial charge in [0.2, 0.25) is 5.95 Å². The van der Waals surface area contributed by atoms with E-state index >= 15 is 0 Å². The number of carbonyl (C=O) groups is 4. The highest BCUT2D eigenvalue weighted by Crippen LogP contribution is 2.68. The third-order valence-corrected chi connectivity index (χ3v) is 17.2. The van der Waals surface area contributed by atoms with Gasteiger partial charge in [-0.05, 0) is 103 Å². The van der Waals surface area contributed by atoms with E-state index in [1.807, 2.05) is 44.0 Å². The number of carboxylic acids is 1. The zero-order valence-electron chi connectivity index (χ0n) is 38.9. The molecular formula is C50H61N9O7S2. The first-order valence-electron chi connectivity index (χ1n) is 23.2. The van der Waals surface area contributed by atoms with Crippen molar-refractivity contribution in [3.05, 3.63) is 101 Å². The van der Waals surface area contributed by atoms with Gasteiger partial charge in [-0.1, -0.05) is 56.7 Å². The summed E-state index contributed by atoms with van der Waals surface area (Å²) in [5.41, 5.74) is 14.5. The maximum absolute atomic E-state index is 14.0. The first kappa shape index (κ1) is 48.9. The fourth-order valence-electron chi connectivity index (χ4n) is 11.7. The lowest BCUT2D eigenvalue weighted by molar-refractivity contribution is -0.183. The number of nitrogens with two attached hydrogens (primary N) is 2. The van der Waals surface area contributed by atoms with Gasteiger partial charge >= 0.3 is 5.97 Å². The Labute approximate surface area is 404 Å². The number of thioether (sulfide) groups is 2. The van der Waals surface area contributed by atoms with Gasteiger partial charge in [-0.25, -0.2) is 14.8 Å². The molecule has 4 unspecified atom stereocenters. The maximum Gasteiger partial charge on any atom is 0.326 e. The van der Waals surface area contributed by atoms with E-state index in [0.29, 0.717) is 65.6 Å². The van der Waals surface area contributed by atoms with E-state index in [-0.39, 0.29) is 53.5 Å². The van der Waals surface area contributed by atoms with Gasteiger partial charge in [-0.2, -0.15) is 33.5 Å². The number of allylic oxidation sites excluding steroid dienone is 4. The van der Waals surface area contributed by atoms with Crippen LogP contribution in [-0.2, 0) is 32.4 Å². The largest absolute Gasteiger partial charge is 0.480 e. The number of nitrogen functional groups attached to an aromatic ring is 2. The Hall–Kier alpha value is -5.56. The minimum absolute atomic E-state index is 0.00643. The summed E-state index contributed by atoms with van der Waals surface area (Å²) in [6.45, 7) is 6.86. The van der Waals surface area contributed by atoms with Crippen LogP contribution in [0, 0.1) is 34.5 Å². The van der Waals surface area contributed by atoms with Crippen molar-refractivity contribution in [1.29, 1.82) is 0 Å². The number of fused-ring (bicyclic) bond motifs is 6. The molecule has 2 aromatic heterocycles. The van der Waals surface area contributed by atoms with Crippen molar-refractivity contribution in [2.24, 2.45) is 34.5 Å². The summed E-state index contributed by atoms with van der Waals surface area (Å²) in [5, 5.41) is 39.8. The molecule has 4 aromatic rings. The van der Waals surface area contributed by atoms with Crippen LogP contribution in [0.3, 0.4) is 0 Å². The van der Waals surface area contributed by atoms with Crippen LogP contribution in [0.5, 0.6) is 0 Å². The highest BCUT2D eigenvalue weighted by atomic mass is 32.2. The number of benzene rings is 2. The fourth-order valence-corrected chi connectivity index (χ4v) is 13.4. The Morgan fingerprint density at radius 1 is 1.01 bits per heavy atom. The smallest absolute Gasteiger partial charge is 0.326 e. The van der Waals surface area contributed by atoms with Crippen molar-refractivity contribution < 1.29 is 34.5 Å². The number of rotatable bonds is 17. The van der Waals surface area contributed by atoms with Crippen molar-refractivity contribution in [3.8, 4) is 0 Å². The molecule has 3 saturated carbocycles. The molecule has 0 aliphatic heterocycles. The molecule has 360 valence electrons. The maximum atomic E-state index is 14.0. The average Bonchev–Trinajstić information content (AvgIpc) is 3.51. The van der Waals surface area contributed by atoms with Gasteiger partial charge < -0.3 is 42.3 Å². The van der Waals surface area contributed by atoms with Crippen molar-refractivity contribution >= 4 is 75.7 Å². The SMILES string of the molecule is C[C@@H]1CC2C3CCC4=CC(=O)C=C[C@]4(C)C3C(O)C[C@]2(C)[C@@]1(O)C(=O)NCCSCc1cccc(CSCC[C@H](NC(=O)c2ccc(N(C)Cc3cnc4nc(N)nc(N)c4n3)cc2)C(=O)O)c1. The zero-order chi connectivity index (χ0) is 48.5. The second-order valence-corrected chi connectivity index (χ2v) is 21.6. The summed E-state index contributed by atoms with van der Waals surface area (Å²) in [6.07, 6.45) is 9.08. The van der Waals surface area contributed by atoms with Crippen LogP contribution in [0.15, 0.2) is 78.5 Å². The molecule has 8 rings (SSSR count). The Bertz CT molecular complexity index is 2650. The standard InChI is InChI=1S/C50H61N9O7S2/c1-28-20-37-36-13-10-32-22-35(60)14-16-48(32,2)40(36)39(61)23-49(37,3)50(28,66)46(65)53-17-19-68-27-30-7-5-6-29(21-30)26-67-18-15-38(45(63)64)56-44(62)31-8-11-34(12-9-31)59(4)25-33-24-54-43-41(55-33)42(51)57-47(52)58-43/h5-9,11-12,14,16,21-22,24,28,36-40,61,66H,10,13,15,17-20,23,25-27H2,1-4H3,(H,53,65)(H,56,62)(H,63,64)(H4,51,52,54,57,58)/t28-,36?,37?,38+,39?,40?,48+,49+,50+/m1/s1. The predicted molar refractivity (Wildman–Crippen MR) is 265 cm³/mol. The third kappa shape index (κ3) is 9.56. The van der Waals surface area contributed by atoms with E-state index in [1.54, 1.807) is 66.1 Å². The molecule has 68 heavy (non-hydrogen) atoms. The van der Waals surface area contributed by atoms with E-state index in [4.69, 9.17) is 11.5 Å². The van der Waals surface area contributed by atoms with Crippen molar-refractivity contribution in [1.82, 2.24) is 30.6 Å². The van der Waals surface area contributed by atoms with Crippen molar-refractivity contribution in [3.63, 3.8) is 0 Å². The number of carboxylic acid groups (broad SMARTS) is 1. The monoisotopic (exact) mass is 963 g/mol. The normalized spacial score (nSPS) is 27.6. The highest BCUT2D eigenvalue weighted by Gasteiger charge is 2.70. The van der Waals surface area contributed by atoms with Crippen LogP contribution in [-0.4, -0.2) is 102 Å².